The Morgan fingerprint density at radius 3 is 2.67 bits per heavy atom. The molecule has 0 bridgehead atoms. The molecule has 8 nitrogen and oxygen atoms in total. The maximum absolute atomic E-state index is 13.1. The van der Waals surface area contributed by atoms with Crippen LogP contribution in [0.1, 0.15) is 24.5 Å². The van der Waals surface area contributed by atoms with E-state index in [2.05, 4.69) is 25.5 Å². The Morgan fingerprint density at radius 2 is 1.95 bits per heavy atom. The van der Waals surface area contributed by atoms with Gasteiger partial charge in [0.1, 0.15) is 17.8 Å². The zero-order valence-electron chi connectivity index (χ0n) is 21.3. The van der Waals surface area contributed by atoms with Gasteiger partial charge in [-0.1, -0.05) is 29.8 Å². The van der Waals surface area contributed by atoms with Gasteiger partial charge in [-0.15, -0.1) is 13.2 Å². The quantitative estimate of drug-likeness (QED) is 0.526. The van der Waals surface area contributed by atoms with E-state index in [1.807, 2.05) is 17.9 Å². The third-order valence-corrected chi connectivity index (χ3v) is 7.12. The molecule has 5 rings (SSSR count). The number of halogens is 4. The van der Waals surface area contributed by atoms with Gasteiger partial charge in [-0.25, -0.2) is 0 Å². The SMILES string of the molecule is CC1NN=C2[C@H](CC(=O)NCCN3CCOCC3)C=C(c3ccc(Cl)cc3)c3cc(OC(F)(F)F)ccc3N21. The molecule has 2 aromatic rings. The highest BCUT2D eigenvalue weighted by Crippen LogP contribution is 2.42. The second-order valence-electron chi connectivity index (χ2n) is 9.57. The van der Waals surface area contributed by atoms with E-state index < -0.39 is 12.3 Å². The number of ether oxygens (including phenoxy) is 2. The van der Waals surface area contributed by atoms with Crippen LogP contribution in [0.25, 0.3) is 5.57 Å². The number of hydrogen-bond acceptors (Lipinski definition) is 7. The van der Waals surface area contributed by atoms with Crippen molar-refractivity contribution in [1.82, 2.24) is 15.6 Å². The largest absolute Gasteiger partial charge is 0.573 e. The summed E-state index contributed by atoms with van der Waals surface area (Å²) >= 11 is 6.12. The number of nitrogens with zero attached hydrogens (tertiary/aromatic N) is 3. The summed E-state index contributed by atoms with van der Waals surface area (Å²) < 4.78 is 48.8. The number of hydrogen-bond donors (Lipinski definition) is 2. The Hall–Kier alpha value is -3.28. The van der Waals surface area contributed by atoms with Crippen LogP contribution in [0.2, 0.25) is 5.02 Å². The van der Waals surface area contributed by atoms with E-state index in [1.165, 1.54) is 12.1 Å². The summed E-state index contributed by atoms with van der Waals surface area (Å²) in [7, 11) is 0. The molecule has 3 aliphatic heterocycles. The average molecular weight is 564 g/mol. The lowest BCUT2D eigenvalue weighted by atomic mass is 9.92. The molecule has 1 saturated heterocycles. The second kappa shape index (κ2) is 11.4. The van der Waals surface area contributed by atoms with Gasteiger partial charge in [-0.2, -0.15) is 5.10 Å². The van der Waals surface area contributed by atoms with Crippen LogP contribution in [-0.2, 0) is 9.53 Å². The van der Waals surface area contributed by atoms with Crippen LogP contribution >= 0.6 is 11.6 Å². The zero-order chi connectivity index (χ0) is 27.6. The number of rotatable bonds is 7. The number of anilines is 1. The first-order valence-electron chi connectivity index (χ1n) is 12.7. The molecule has 0 saturated carbocycles. The lowest BCUT2D eigenvalue weighted by Gasteiger charge is -2.28. The van der Waals surface area contributed by atoms with Crippen LogP contribution in [-0.4, -0.2) is 68.6 Å². The fraction of sp³-hybridized carbons (Fsp3) is 0.407. The van der Waals surface area contributed by atoms with E-state index in [9.17, 15) is 18.0 Å². The molecule has 39 heavy (non-hydrogen) atoms. The molecule has 0 aromatic heterocycles. The van der Waals surface area contributed by atoms with Gasteiger partial charge in [-0.3, -0.25) is 15.1 Å². The van der Waals surface area contributed by atoms with Crippen LogP contribution in [0.4, 0.5) is 18.9 Å². The average Bonchev–Trinajstić information content (AvgIpc) is 3.21. The molecule has 0 aliphatic carbocycles. The summed E-state index contributed by atoms with van der Waals surface area (Å²) in [4.78, 5) is 17.2. The van der Waals surface area contributed by atoms with Gasteiger partial charge in [-0.05, 0) is 48.4 Å². The van der Waals surface area contributed by atoms with E-state index in [0.717, 1.165) is 25.2 Å². The van der Waals surface area contributed by atoms with Crippen molar-refractivity contribution >= 4 is 34.6 Å². The summed E-state index contributed by atoms with van der Waals surface area (Å²) in [5, 5.41) is 8.05. The number of benzene rings is 2. The molecule has 2 atom stereocenters. The maximum atomic E-state index is 13.1. The predicted molar refractivity (Wildman–Crippen MR) is 143 cm³/mol. The van der Waals surface area contributed by atoms with Gasteiger partial charge >= 0.3 is 6.36 Å². The fourth-order valence-corrected chi connectivity index (χ4v) is 5.17. The van der Waals surface area contributed by atoms with Crippen molar-refractivity contribution in [3.05, 3.63) is 64.7 Å². The molecular formula is C27H29ClF3N5O3. The van der Waals surface area contributed by atoms with Crippen molar-refractivity contribution in [2.24, 2.45) is 11.0 Å². The molecule has 0 radical (unpaired) electrons. The monoisotopic (exact) mass is 563 g/mol. The topological polar surface area (TPSA) is 78.4 Å². The van der Waals surface area contributed by atoms with Crippen molar-refractivity contribution in [2.45, 2.75) is 25.9 Å². The highest BCUT2D eigenvalue weighted by atomic mass is 35.5. The number of amides is 1. The minimum Gasteiger partial charge on any atom is -0.406 e. The molecule has 1 amide bonds. The molecule has 1 unspecified atom stereocenters. The van der Waals surface area contributed by atoms with Gasteiger partial charge in [0.25, 0.3) is 0 Å². The zero-order valence-corrected chi connectivity index (χ0v) is 22.1. The van der Waals surface area contributed by atoms with E-state index in [0.29, 0.717) is 47.4 Å². The van der Waals surface area contributed by atoms with Crippen LogP contribution in [0.5, 0.6) is 5.75 Å². The molecular weight excluding hydrogens is 535 g/mol. The number of carbonyl (C=O) groups is 1. The van der Waals surface area contributed by atoms with E-state index >= 15 is 0 Å². The van der Waals surface area contributed by atoms with Gasteiger partial charge < -0.3 is 19.7 Å². The number of hydrazone groups is 1. The van der Waals surface area contributed by atoms with E-state index in [1.54, 1.807) is 30.3 Å². The molecule has 1 fully saturated rings. The molecule has 208 valence electrons. The molecule has 3 heterocycles. The van der Waals surface area contributed by atoms with Crippen molar-refractivity contribution in [3.8, 4) is 5.75 Å². The Bertz CT molecular complexity index is 1260. The Labute approximate surface area is 229 Å². The first kappa shape index (κ1) is 27.3. The first-order valence-corrected chi connectivity index (χ1v) is 13.1. The first-order chi connectivity index (χ1) is 18.7. The van der Waals surface area contributed by atoms with Crippen molar-refractivity contribution in [2.75, 3.05) is 44.3 Å². The highest BCUT2D eigenvalue weighted by Gasteiger charge is 2.37. The number of amidine groups is 1. The lowest BCUT2D eigenvalue weighted by molar-refractivity contribution is -0.274. The molecule has 2 aromatic carbocycles. The number of morpholine rings is 1. The predicted octanol–water partition coefficient (Wildman–Crippen LogP) is 4.21. The number of alkyl halides is 3. The molecule has 3 aliphatic rings. The van der Waals surface area contributed by atoms with Gasteiger partial charge in [0.15, 0.2) is 0 Å². The van der Waals surface area contributed by atoms with E-state index in [4.69, 9.17) is 16.3 Å². The lowest BCUT2D eigenvalue weighted by Crippen LogP contribution is -2.43. The third kappa shape index (κ3) is 6.48. The normalized spacial score (nSPS) is 21.2. The highest BCUT2D eigenvalue weighted by molar-refractivity contribution is 6.30. The minimum atomic E-state index is -4.83. The Morgan fingerprint density at radius 1 is 1.21 bits per heavy atom. The number of fused-ring (bicyclic) bond motifs is 3. The second-order valence-corrected chi connectivity index (χ2v) is 10.0. The summed E-state index contributed by atoms with van der Waals surface area (Å²) in [5.41, 5.74) is 5.61. The van der Waals surface area contributed by atoms with Gasteiger partial charge in [0, 0.05) is 49.1 Å². The summed E-state index contributed by atoms with van der Waals surface area (Å²) in [5.74, 6) is -0.315. The summed E-state index contributed by atoms with van der Waals surface area (Å²) in [6.07, 6.45) is -3.11. The summed E-state index contributed by atoms with van der Waals surface area (Å²) in [6, 6.07) is 11.3. The smallest absolute Gasteiger partial charge is 0.406 e. The number of carbonyl (C=O) groups excluding carboxylic acids is 1. The molecule has 0 spiro atoms. The van der Waals surface area contributed by atoms with Crippen molar-refractivity contribution in [3.63, 3.8) is 0 Å². The van der Waals surface area contributed by atoms with Crippen LogP contribution in [0, 0.1) is 5.92 Å². The third-order valence-electron chi connectivity index (χ3n) is 6.87. The van der Waals surface area contributed by atoms with Crippen LogP contribution in [0.3, 0.4) is 0 Å². The summed E-state index contributed by atoms with van der Waals surface area (Å²) in [6.45, 7) is 6.16. The Kier molecular flexibility index (Phi) is 8.01. The minimum absolute atomic E-state index is 0.115. The molecule has 2 N–H and O–H groups in total. The van der Waals surface area contributed by atoms with E-state index in [-0.39, 0.29) is 24.2 Å². The maximum Gasteiger partial charge on any atom is 0.573 e. The van der Waals surface area contributed by atoms with Crippen LogP contribution < -0.4 is 20.4 Å². The fourth-order valence-electron chi connectivity index (χ4n) is 5.05. The van der Waals surface area contributed by atoms with Crippen LogP contribution in [0.15, 0.2) is 53.6 Å². The van der Waals surface area contributed by atoms with Crippen molar-refractivity contribution < 1.29 is 27.4 Å². The standard InChI is InChI=1S/C27H29ClF3N5O3/c1-17-33-34-26-19(15-25(37)32-8-9-35-10-12-38-13-11-35)14-22(18-2-4-20(28)5-3-18)23-16-21(39-27(29,30)31)6-7-24(23)36(17)26/h2-7,14,16-17,19,33H,8-13,15H2,1H3,(H,32,37)/t17?,19-/m0/s1. The number of nitrogens with one attached hydrogen (secondary N) is 2. The molecule has 12 heteroatoms. The van der Waals surface area contributed by atoms with Gasteiger partial charge in [0.2, 0.25) is 5.91 Å². The van der Waals surface area contributed by atoms with Gasteiger partial charge in [0.05, 0.1) is 18.9 Å². The Balaban J connectivity index is 1.47. The van der Waals surface area contributed by atoms with Crippen molar-refractivity contribution in [1.29, 1.82) is 0 Å².